The van der Waals surface area contributed by atoms with Crippen LogP contribution in [0.3, 0.4) is 0 Å². The molecule has 0 bridgehead atoms. The van der Waals surface area contributed by atoms with E-state index in [-0.39, 0.29) is 24.9 Å². The maximum Gasteiger partial charge on any atom is 0.306 e. The third-order valence-corrected chi connectivity index (χ3v) is 14.3. The zero-order valence-electron chi connectivity index (χ0n) is 47.4. The second-order valence-electron chi connectivity index (χ2n) is 21.5. The van der Waals surface area contributed by atoms with Crippen LogP contribution in [0.15, 0.2) is 48.6 Å². The number of allylic oxidation sites excluding steroid dienone is 7. The Morgan fingerprint density at radius 2 is 0.901 bits per heavy atom. The maximum absolute atomic E-state index is 13.5. The number of unbranched alkanes of at least 4 members (excludes halogenated alkanes) is 34. The summed E-state index contributed by atoms with van der Waals surface area (Å²) in [6, 6.07) is -0.895. The van der Waals surface area contributed by atoms with E-state index in [9.17, 15) is 19.0 Å². The number of ether oxygens (including phenoxy) is 1. The van der Waals surface area contributed by atoms with Gasteiger partial charge in [0.05, 0.1) is 33.8 Å². The Balaban J connectivity index is 5.18. The highest BCUT2D eigenvalue weighted by Gasteiger charge is 2.27. The largest absolute Gasteiger partial charge is 0.756 e. The van der Waals surface area contributed by atoms with Crippen molar-refractivity contribution in [1.29, 1.82) is 0 Å². The van der Waals surface area contributed by atoms with Gasteiger partial charge < -0.3 is 28.5 Å². The van der Waals surface area contributed by atoms with Gasteiger partial charge in [0.2, 0.25) is 5.91 Å². The van der Waals surface area contributed by atoms with Gasteiger partial charge in [-0.05, 0) is 51.0 Å². The number of hydrogen-bond donors (Lipinski definition) is 1. The molecule has 1 amide bonds. The van der Waals surface area contributed by atoms with Crippen molar-refractivity contribution < 1.29 is 37.3 Å². The first kappa shape index (κ1) is 69.0. The molecule has 416 valence electrons. The van der Waals surface area contributed by atoms with E-state index in [2.05, 4.69) is 56.5 Å². The Labute approximate surface area is 439 Å². The van der Waals surface area contributed by atoms with Crippen LogP contribution in [-0.4, -0.2) is 69.4 Å². The molecule has 0 aliphatic carbocycles. The van der Waals surface area contributed by atoms with Crippen LogP contribution >= 0.6 is 7.82 Å². The molecule has 0 saturated carbocycles. The van der Waals surface area contributed by atoms with Crippen LogP contribution in [0, 0.1) is 0 Å². The summed E-state index contributed by atoms with van der Waals surface area (Å²) in [7, 11) is 1.17. The number of carbonyl (C=O) groups excluding carboxylic acids is 2. The van der Waals surface area contributed by atoms with E-state index in [1.165, 1.54) is 161 Å². The topological polar surface area (TPSA) is 114 Å². The Morgan fingerprint density at radius 3 is 1.34 bits per heavy atom. The highest BCUT2D eigenvalue weighted by Crippen LogP contribution is 2.38. The van der Waals surface area contributed by atoms with E-state index < -0.39 is 26.6 Å². The van der Waals surface area contributed by atoms with Crippen LogP contribution in [0.25, 0.3) is 0 Å². The zero-order chi connectivity index (χ0) is 52.2. The van der Waals surface area contributed by atoms with Gasteiger partial charge in [0.1, 0.15) is 19.3 Å². The van der Waals surface area contributed by atoms with E-state index >= 15 is 0 Å². The lowest BCUT2D eigenvalue weighted by Gasteiger charge is -2.30. The second kappa shape index (κ2) is 51.5. The minimum Gasteiger partial charge on any atom is -0.756 e. The number of phosphoric acid groups is 1. The molecule has 9 nitrogen and oxygen atoms in total. The van der Waals surface area contributed by atoms with E-state index in [0.717, 1.165) is 77.0 Å². The summed E-state index contributed by atoms with van der Waals surface area (Å²) in [5, 5.41) is 3.01. The van der Waals surface area contributed by atoms with Crippen LogP contribution < -0.4 is 10.2 Å². The van der Waals surface area contributed by atoms with Crippen molar-refractivity contribution in [2.75, 3.05) is 40.9 Å². The molecule has 0 saturated heterocycles. The van der Waals surface area contributed by atoms with Gasteiger partial charge >= 0.3 is 5.97 Å². The predicted octanol–water partition coefficient (Wildman–Crippen LogP) is 17.5. The quantitative estimate of drug-likeness (QED) is 0.0161. The number of esters is 1. The second-order valence-corrected chi connectivity index (χ2v) is 23.0. The van der Waals surface area contributed by atoms with Crippen molar-refractivity contribution in [2.24, 2.45) is 0 Å². The molecular formula is C61H115N2O7P. The third kappa shape index (κ3) is 52.6. The molecule has 0 aromatic carbocycles. The van der Waals surface area contributed by atoms with Gasteiger partial charge in [-0.2, -0.15) is 0 Å². The number of hydrogen-bond acceptors (Lipinski definition) is 7. The van der Waals surface area contributed by atoms with Gasteiger partial charge in [0.25, 0.3) is 7.82 Å². The average molecular weight is 1020 g/mol. The number of amides is 1. The molecule has 0 spiro atoms. The summed E-state index contributed by atoms with van der Waals surface area (Å²) in [6.45, 7) is 6.71. The predicted molar refractivity (Wildman–Crippen MR) is 302 cm³/mol. The number of quaternary nitrogens is 1. The molecule has 0 aliphatic rings. The number of carbonyl (C=O) groups is 2. The van der Waals surface area contributed by atoms with E-state index in [4.69, 9.17) is 13.8 Å². The SMILES string of the molecule is CC/C=C/C=C/C=C\CCCCCCCC(=O)NC(COP(=O)([O-])OCC[N+](C)(C)C)C(/C=C\CCCCCCCCCCC)OC(=O)CCCCCCCCCCCCCCCCCCCCCCC. The summed E-state index contributed by atoms with van der Waals surface area (Å²) in [4.78, 5) is 39.8. The molecule has 0 aromatic rings. The molecule has 0 heterocycles. The molecule has 10 heteroatoms. The smallest absolute Gasteiger partial charge is 0.306 e. The van der Waals surface area contributed by atoms with Gasteiger partial charge in [-0.25, -0.2) is 0 Å². The van der Waals surface area contributed by atoms with Gasteiger partial charge in [-0.1, -0.05) is 262 Å². The first-order chi connectivity index (χ1) is 34.4. The third-order valence-electron chi connectivity index (χ3n) is 13.3. The molecular weight excluding hydrogens is 904 g/mol. The Hall–Kier alpha value is -2.03. The number of nitrogens with zero attached hydrogens (tertiary/aromatic N) is 1. The Bertz CT molecular complexity index is 1360. The minimum absolute atomic E-state index is 0.0259. The standard InChI is InChI=1S/C61H115N2O7P/c1-7-10-13-16-19-22-25-27-28-29-30-31-32-33-34-36-39-42-45-48-51-54-61(65)70-59(52-49-46-43-40-37-24-21-18-15-12-9-3)58(57-69-71(66,67)68-56-55-63(4,5)6)62-60(64)53-50-47-44-41-38-35-26-23-20-17-14-11-8-2/h11,14,17,20,23,26,49,52,58-59H,7-10,12-13,15-16,18-19,21-22,24-25,27-48,50-51,53-57H2,1-6H3,(H-,62,64,66,67)/b14-11+,20-17+,26-23-,52-49-. The lowest BCUT2D eigenvalue weighted by atomic mass is 10.0. The molecule has 3 unspecified atom stereocenters. The number of phosphoric ester groups is 1. The van der Waals surface area contributed by atoms with Crippen molar-refractivity contribution in [3.05, 3.63) is 48.6 Å². The zero-order valence-corrected chi connectivity index (χ0v) is 48.3. The molecule has 1 N–H and O–H groups in total. The highest BCUT2D eigenvalue weighted by atomic mass is 31.2. The van der Waals surface area contributed by atoms with Crippen LogP contribution in [-0.2, 0) is 27.9 Å². The summed E-state index contributed by atoms with van der Waals surface area (Å²) in [5.74, 6) is -0.557. The lowest BCUT2D eigenvalue weighted by molar-refractivity contribution is -0.870. The fourth-order valence-corrected chi connectivity index (χ4v) is 9.42. The summed E-state index contributed by atoms with van der Waals surface area (Å²) < 4.78 is 30.2. The number of likely N-dealkylation sites (N-methyl/N-ethyl adjacent to an activating group) is 1. The molecule has 71 heavy (non-hydrogen) atoms. The first-order valence-corrected chi connectivity index (χ1v) is 31.4. The molecule has 0 aliphatic heterocycles. The number of rotatable bonds is 54. The molecule has 0 aromatic heterocycles. The van der Waals surface area contributed by atoms with Crippen molar-refractivity contribution in [1.82, 2.24) is 5.32 Å². The fourth-order valence-electron chi connectivity index (χ4n) is 8.70. The minimum atomic E-state index is -4.70. The molecule has 0 radical (unpaired) electrons. The normalized spacial score (nSPS) is 14.1. The summed E-state index contributed by atoms with van der Waals surface area (Å²) in [5.41, 5.74) is 0. The molecule has 0 rings (SSSR count). The van der Waals surface area contributed by atoms with Crippen LogP contribution in [0.5, 0.6) is 0 Å². The van der Waals surface area contributed by atoms with Crippen molar-refractivity contribution >= 4 is 19.7 Å². The van der Waals surface area contributed by atoms with Gasteiger partial charge in [0, 0.05) is 12.8 Å². The monoisotopic (exact) mass is 1020 g/mol. The summed E-state index contributed by atoms with van der Waals surface area (Å²) >= 11 is 0. The number of nitrogens with one attached hydrogen (secondary N) is 1. The van der Waals surface area contributed by atoms with Crippen LogP contribution in [0.2, 0.25) is 0 Å². The molecule has 3 atom stereocenters. The van der Waals surface area contributed by atoms with Crippen molar-refractivity contribution in [3.63, 3.8) is 0 Å². The van der Waals surface area contributed by atoms with E-state index in [1.54, 1.807) is 0 Å². The highest BCUT2D eigenvalue weighted by molar-refractivity contribution is 7.45. The fraction of sp³-hybridized carbons (Fsp3) is 0.836. The first-order valence-electron chi connectivity index (χ1n) is 30.0. The van der Waals surface area contributed by atoms with Gasteiger partial charge in [-0.15, -0.1) is 0 Å². The summed E-state index contributed by atoms with van der Waals surface area (Å²) in [6.07, 6.45) is 62.3. The average Bonchev–Trinajstić information content (AvgIpc) is 3.33. The lowest BCUT2D eigenvalue weighted by Crippen LogP contribution is -2.47. The molecule has 0 fully saturated rings. The van der Waals surface area contributed by atoms with Gasteiger partial charge in [-0.3, -0.25) is 14.2 Å². The Morgan fingerprint density at radius 1 is 0.507 bits per heavy atom. The van der Waals surface area contributed by atoms with Crippen LogP contribution in [0.1, 0.15) is 278 Å². The van der Waals surface area contributed by atoms with Gasteiger partial charge in [0.15, 0.2) is 0 Å². The Kier molecular flexibility index (Phi) is 50.0. The van der Waals surface area contributed by atoms with E-state index in [0.29, 0.717) is 23.9 Å². The van der Waals surface area contributed by atoms with Crippen LogP contribution in [0.4, 0.5) is 0 Å². The van der Waals surface area contributed by atoms with Crippen molar-refractivity contribution in [3.8, 4) is 0 Å². The van der Waals surface area contributed by atoms with E-state index in [1.807, 2.05) is 39.4 Å². The maximum atomic E-state index is 13.5. The van der Waals surface area contributed by atoms with Crippen molar-refractivity contribution in [2.45, 2.75) is 290 Å².